The van der Waals surface area contributed by atoms with Gasteiger partial charge in [0.15, 0.2) is 0 Å². The number of hydrogen-bond donors (Lipinski definition) is 1. The van der Waals surface area contributed by atoms with E-state index >= 15 is 0 Å². The molecule has 0 aromatic rings. The second-order valence-corrected chi connectivity index (χ2v) is 6.71. The van der Waals surface area contributed by atoms with Crippen molar-refractivity contribution in [3.05, 3.63) is 0 Å². The van der Waals surface area contributed by atoms with Crippen LogP contribution in [0.5, 0.6) is 0 Å². The first-order valence-electron chi connectivity index (χ1n) is 7.56. The highest BCUT2D eigenvalue weighted by Crippen LogP contribution is 2.47. The fourth-order valence-corrected chi connectivity index (χ4v) is 4.22. The Kier molecular flexibility index (Phi) is 3.41. The summed E-state index contributed by atoms with van der Waals surface area (Å²) in [6, 6.07) is 0. The van der Waals surface area contributed by atoms with Gasteiger partial charge in [0.05, 0.1) is 17.8 Å². The molecule has 0 aromatic heterocycles. The number of ether oxygens (including phenoxy) is 2. The minimum Gasteiger partial charge on any atom is -0.390 e. The lowest BCUT2D eigenvalue weighted by molar-refractivity contribution is -0.151. The third-order valence-corrected chi connectivity index (χ3v) is 5.59. The number of rotatable bonds is 2. The fraction of sp³-hybridized carbons (Fsp3) is 1.00. The first-order chi connectivity index (χ1) is 8.62. The smallest absolute Gasteiger partial charge is 0.0700 e. The number of hydrogen-bond acceptors (Lipinski definition) is 3. The van der Waals surface area contributed by atoms with Gasteiger partial charge in [-0.1, -0.05) is 12.8 Å². The summed E-state index contributed by atoms with van der Waals surface area (Å²) in [4.78, 5) is 0. The highest BCUT2D eigenvalue weighted by atomic mass is 16.5. The van der Waals surface area contributed by atoms with E-state index in [0.717, 1.165) is 39.1 Å². The molecule has 2 saturated heterocycles. The quantitative estimate of drug-likeness (QED) is 0.823. The molecule has 0 bridgehead atoms. The third kappa shape index (κ3) is 2.21. The van der Waals surface area contributed by atoms with Crippen LogP contribution in [0.4, 0.5) is 0 Å². The van der Waals surface area contributed by atoms with Gasteiger partial charge in [-0.15, -0.1) is 0 Å². The molecule has 0 aromatic carbocycles. The van der Waals surface area contributed by atoms with E-state index in [4.69, 9.17) is 9.47 Å². The Morgan fingerprint density at radius 3 is 2.50 bits per heavy atom. The summed E-state index contributed by atoms with van der Waals surface area (Å²) in [5.41, 5.74) is -0.470. The molecule has 1 N–H and O–H groups in total. The molecule has 2 aliphatic heterocycles. The Labute approximate surface area is 110 Å². The maximum absolute atomic E-state index is 10.9. The standard InChI is InChI=1S/C15H26O3/c1-14(16,13-4-8-17-11-13)12-5-9-18-15(10-12)6-2-3-7-15/h12-13,16H,2-11H2,1H3. The number of aliphatic hydroxyl groups is 1. The van der Waals surface area contributed by atoms with Crippen LogP contribution in [0.2, 0.25) is 0 Å². The van der Waals surface area contributed by atoms with Crippen molar-refractivity contribution in [2.75, 3.05) is 19.8 Å². The van der Waals surface area contributed by atoms with E-state index in [2.05, 4.69) is 0 Å². The fourth-order valence-electron chi connectivity index (χ4n) is 4.22. The minimum absolute atomic E-state index is 0.104. The zero-order valence-electron chi connectivity index (χ0n) is 11.5. The van der Waals surface area contributed by atoms with E-state index in [1.54, 1.807) is 0 Å². The van der Waals surface area contributed by atoms with E-state index in [1.165, 1.54) is 25.7 Å². The van der Waals surface area contributed by atoms with Gasteiger partial charge < -0.3 is 14.6 Å². The van der Waals surface area contributed by atoms with Gasteiger partial charge in [-0.25, -0.2) is 0 Å². The molecule has 1 aliphatic carbocycles. The zero-order chi connectivity index (χ0) is 12.6. The summed E-state index contributed by atoms with van der Waals surface area (Å²) < 4.78 is 11.5. The molecule has 1 saturated carbocycles. The average Bonchev–Trinajstić information content (AvgIpc) is 3.01. The summed E-state index contributed by atoms with van der Waals surface area (Å²) in [5.74, 6) is 0.704. The second-order valence-electron chi connectivity index (χ2n) is 6.71. The minimum atomic E-state index is -0.574. The van der Waals surface area contributed by atoms with Gasteiger partial charge in [0.25, 0.3) is 0 Å². The van der Waals surface area contributed by atoms with Crippen molar-refractivity contribution in [2.24, 2.45) is 11.8 Å². The van der Waals surface area contributed by atoms with Gasteiger partial charge in [0.2, 0.25) is 0 Å². The van der Waals surface area contributed by atoms with Crippen molar-refractivity contribution in [3.8, 4) is 0 Å². The summed E-state index contributed by atoms with van der Waals surface area (Å²) in [6.07, 6.45) is 8.05. The largest absolute Gasteiger partial charge is 0.390 e. The summed E-state index contributed by atoms with van der Waals surface area (Å²) in [6.45, 7) is 4.41. The van der Waals surface area contributed by atoms with Gasteiger partial charge in [-0.05, 0) is 44.9 Å². The van der Waals surface area contributed by atoms with Crippen LogP contribution in [0.1, 0.15) is 51.9 Å². The highest BCUT2D eigenvalue weighted by Gasteiger charge is 2.48. The first-order valence-corrected chi connectivity index (χ1v) is 7.56. The van der Waals surface area contributed by atoms with Crippen LogP contribution in [0, 0.1) is 11.8 Å². The molecule has 3 heteroatoms. The van der Waals surface area contributed by atoms with E-state index in [-0.39, 0.29) is 5.60 Å². The van der Waals surface area contributed by atoms with Crippen molar-refractivity contribution in [1.29, 1.82) is 0 Å². The molecule has 3 nitrogen and oxygen atoms in total. The molecule has 3 fully saturated rings. The highest BCUT2D eigenvalue weighted by molar-refractivity contribution is 4.99. The Balaban J connectivity index is 1.70. The zero-order valence-corrected chi connectivity index (χ0v) is 11.5. The lowest BCUT2D eigenvalue weighted by Gasteiger charge is -2.46. The lowest BCUT2D eigenvalue weighted by atomic mass is 9.70. The molecular weight excluding hydrogens is 228 g/mol. The predicted molar refractivity (Wildman–Crippen MR) is 69.4 cm³/mol. The third-order valence-electron chi connectivity index (χ3n) is 5.59. The van der Waals surface area contributed by atoms with E-state index < -0.39 is 5.60 Å². The maximum Gasteiger partial charge on any atom is 0.0700 e. The molecule has 104 valence electrons. The first kappa shape index (κ1) is 12.9. The van der Waals surface area contributed by atoms with Gasteiger partial charge in [0, 0.05) is 19.1 Å². The van der Waals surface area contributed by atoms with Gasteiger partial charge in [-0.3, -0.25) is 0 Å². The summed E-state index contributed by atoms with van der Waals surface area (Å²) in [7, 11) is 0. The lowest BCUT2D eigenvalue weighted by Crippen LogP contribution is -2.50. The summed E-state index contributed by atoms with van der Waals surface area (Å²) in [5, 5.41) is 10.9. The van der Waals surface area contributed by atoms with E-state index in [1.807, 2.05) is 6.92 Å². The predicted octanol–water partition coefficient (Wildman–Crippen LogP) is 2.51. The van der Waals surface area contributed by atoms with Gasteiger partial charge in [-0.2, -0.15) is 0 Å². The van der Waals surface area contributed by atoms with Crippen LogP contribution in [0.25, 0.3) is 0 Å². The Morgan fingerprint density at radius 2 is 1.83 bits per heavy atom. The normalized spacial score (nSPS) is 39.0. The van der Waals surface area contributed by atoms with Gasteiger partial charge in [0.1, 0.15) is 0 Å². The Morgan fingerprint density at radius 1 is 1.11 bits per heavy atom. The van der Waals surface area contributed by atoms with Crippen molar-refractivity contribution in [2.45, 2.75) is 63.1 Å². The summed E-state index contributed by atoms with van der Waals surface area (Å²) >= 11 is 0. The maximum atomic E-state index is 10.9. The molecular formula is C15H26O3. The van der Waals surface area contributed by atoms with Crippen molar-refractivity contribution in [3.63, 3.8) is 0 Å². The molecule has 1 spiro atoms. The molecule has 3 aliphatic rings. The molecule has 3 rings (SSSR count). The van der Waals surface area contributed by atoms with Crippen LogP contribution >= 0.6 is 0 Å². The van der Waals surface area contributed by atoms with Gasteiger partial charge >= 0.3 is 0 Å². The average molecular weight is 254 g/mol. The molecule has 0 radical (unpaired) electrons. The molecule has 3 atom stereocenters. The van der Waals surface area contributed by atoms with Crippen LogP contribution < -0.4 is 0 Å². The Hall–Kier alpha value is -0.120. The van der Waals surface area contributed by atoms with Crippen molar-refractivity contribution < 1.29 is 14.6 Å². The van der Waals surface area contributed by atoms with Crippen LogP contribution in [-0.4, -0.2) is 36.1 Å². The second kappa shape index (κ2) is 4.77. The van der Waals surface area contributed by atoms with Crippen molar-refractivity contribution in [1.82, 2.24) is 0 Å². The molecule has 18 heavy (non-hydrogen) atoms. The van der Waals surface area contributed by atoms with Crippen LogP contribution in [-0.2, 0) is 9.47 Å². The monoisotopic (exact) mass is 254 g/mol. The molecule has 3 unspecified atom stereocenters. The van der Waals surface area contributed by atoms with Crippen molar-refractivity contribution >= 4 is 0 Å². The Bertz CT molecular complexity index is 288. The molecule has 0 amide bonds. The van der Waals surface area contributed by atoms with Crippen LogP contribution in [0.3, 0.4) is 0 Å². The van der Waals surface area contributed by atoms with E-state index in [0.29, 0.717) is 11.8 Å². The molecule has 2 heterocycles. The topological polar surface area (TPSA) is 38.7 Å². The van der Waals surface area contributed by atoms with Crippen LogP contribution in [0.15, 0.2) is 0 Å². The SMILES string of the molecule is CC(O)(C1CCOC1)C1CCOC2(CCCC2)C1. The van der Waals surface area contributed by atoms with E-state index in [9.17, 15) is 5.11 Å².